The highest BCUT2D eigenvalue weighted by atomic mass is 32.2. The topological polar surface area (TPSA) is 146 Å². The molecule has 5 N–H and O–H groups in total. The number of rotatable bonds is 7. The van der Waals surface area contributed by atoms with Crippen molar-refractivity contribution in [2.45, 2.75) is 17.7 Å². The van der Waals surface area contributed by atoms with Crippen molar-refractivity contribution in [3.8, 4) is 5.75 Å². The molecule has 190 valence electrons. The van der Waals surface area contributed by atoms with E-state index in [0.29, 0.717) is 17.0 Å². The summed E-state index contributed by atoms with van der Waals surface area (Å²) in [5.41, 5.74) is 6.93. The molecule has 0 aromatic heterocycles. The van der Waals surface area contributed by atoms with E-state index in [2.05, 4.69) is 16.0 Å². The number of carbonyl (C=O) groups excluding carboxylic acids is 4. The number of benzene rings is 2. The normalized spacial score (nSPS) is 23.8. The van der Waals surface area contributed by atoms with Gasteiger partial charge in [-0.15, -0.1) is 11.8 Å². The molecule has 4 rings (SSSR count). The molecule has 4 atom stereocenters. The number of hydrogen-bond acceptors (Lipinski definition) is 8. The van der Waals surface area contributed by atoms with Crippen LogP contribution in [-0.4, -0.2) is 72.1 Å². The Kier molecular flexibility index (Phi) is 7.48. The summed E-state index contributed by atoms with van der Waals surface area (Å²) in [6.45, 7) is 0. The van der Waals surface area contributed by atoms with Crippen molar-refractivity contribution in [1.29, 1.82) is 0 Å². The molecule has 0 spiro atoms. The van der Waals surface area contributed by atoms with Crippen molar-refractivity contribution in [1.82, 2.24) is 20.4 Å². The SMILES string of the molecule is COc1ccccc1C1NC(SCC(=O)Nc2ccc(C(N)=O)cc2)C2C(=O)N(C)C(=O)N(C)C2N1. The molecular formula is C24H28N6O5S. The second kappa shape index (κ2) is 10.6. The highest BCUT2D eigenvalue weighted by Crippen LogP contribution is 2.36. The van der Waals surface area contributed by atoms with Crippen LogP contribution in [0.25, 0.3) is 0 Å². The lowest BCUT2D eigenvalue weighted by molar-refractivity contribution is -0.140. The van der Waals surface area contributed by atoms with Crippen LogP contribution in [0, 0.1) is 5.92 Å². The first-order valence-electron chi connectivity index (χ1n) is 11.2. The summed E-state index contributed by atoms with van der Waals surface area (Å²) < 4.78 is 5.51. The Morgan fingerprint density at radius 3 is 2.44 bits per heavy atom. The number of nitrogens with two attached hydrogens (primary N) is 1. The van der Waals surface area contributed by atoms with E-state index in [-0.39, 0.29) is 17.6 Å². The van der Waals surface area contributed by atoms with Crippen LogP contribution in [0.5, 0.6) is 5.75 Å². The average molecular weight is 513 g/mol. The summed E-state index contributed by atoms with van der Waals surface area (Å²) in [4.78, 5) is 52.3. The second-order valence-corrected chi connectivity index (χ2v) is 9.62. The molecule has 0 saturated carbocycles. The van der Waals surface area contributed by atoms with Crippen molar-refractivity contribution in [3.63, 3.8) is 0 Å². The number of primary amides is 1. The van der Waals surface area contributed by atoms with Crippen molar-refractivity contribution < 1.29 is 23.9 Å². The standard InChI is InChI=1S/C24H28N6O5S/c1-29-21-18(23(33)30(2)24(29)34)22(28-20(27-21)15-6-4-5-7-16(15)35-3)36-12-17(31)26-14-10-8-13(9-11-14)19(25)32/h4-11,18,20-22,27-28H,12H2,1-3H3,(H2,25,32)(H,26,31). The number of nitrogens with one attached hydrogen (secondary N) is 3. The fourth-order valence-electron chi connectivity index (χ4n) is 4.36. The average Bonchev–Trinajstić information content (AvgIpc) is 2.89. The van der Waals surface area contributed by atoms with Crippen LogP contribution < -0.4 is 26.4 Å². The zero-order valence-corrected chi connectivity index (χ0v) is 20.9. The van der Waals surface area contributed by atoms with E-state index < -0.39 is 35.6 Å². The monoisotopic (exact) mass is 512 g/mol. The van der Waals surface area contributed by atoms with Crippen molar-refractivity contribution in [3.05, 3.63) is 59.7 Å². The van der Waals surface area contributed by atoms with E-state index in [9.17, 15) is 19.2 Å². The Hall–Kier alpha value is -3.61. The minimum Gasteiger partial charge on any atom is -0.496 e. The quantitative estimate of drug-likeness (QED) is 0.432. The predicted octanol–water partition coefficient (Wildman–Crippen LogP) is 1.15. The van der Waals surface area contributed by atoms with Crippen molar-refractivity contribution in [2.75, 3.05) is 32.3 Å². The van der Waals surface area contributed by atoms with E-state index in [1.54, 1.807) is 26.3 Å². The van der Waals surface area contributed by atoms with E-state index >= 15 is 0 Å². The van der Waals surface area contributed by atoms with Gasteiger partial charge in [0.15, 0.2) is 0 Å². The minimum absolute atomic E-state index is 0.0474. The van der Waals surface area contributed by atoms with Crippen LogP contribution in [-0.2, 0) is 9.59 Å². The number of amides is 5. The number of thioether (sulfide) groups is 1. The van der Waals surface area contributed by atoms with E-state index in [1.165, 1.54) is 35.8 Å². The number of methoxy groups -OCH3 is 1. The number of para-hydroxylation sites is 1. The number of carbonyl (C=O) groups is 4. The van der Waals surface area contributed by atoms with Gasteiger partial charge in [0.2, 0.25) is 17.7 Å². The van der Waals surface area contributed by atoms with Crippen molar-refractivity contribution in [2.24, 2.45) is 11.7 Å². The molecule has 5 amide bonds. The molecule has 2 heterocycles. The van der Waals surface area contributed by atoms with E-state index in [1.807, 2.05) is 24.3 Å². The molecule has 4 unspecified atom stereocenters. The molecule has 36 heavy (non-hydrogen) atoms. The molecule has 2 aromatic rings. The molecule has 0 radical (unpaired) electrons. The Labute approximate surface area is 212 Å². The summed E-state index contributed by atoms with van der Waals surface area (Å²) >= 11 is 1.28. The molecule has 2 aliphatic rings. The third-order valence-corrected chi connectivity index (χ3v) is 7.47. The summed E-state index contributed by atoms with van der Waals surface area (Å²) in [6.07, 6.45) is -1.02. The van der Waals surface area contributed by atoms with Crippen LogP contribution >= 0.6 is 11.8 Å². The van der Waals surface area contributed by atoms with Crippen LogP contribution in [0.2, 0.25) is 0 Å². The largest absolute Gasteiger partial charge is 0.496 e. The maximum atomic E-state index is 13.1. The summed E-state index contributed by atoms with van der Waals surface area (Å²) in [7, 11) is 4.67. The van der Waals surface area contributed by atoms with Gasteiger partial charge in [0, 0.05) is 30.9 Å². The number of hydrogen-bond donors (Lipinski definition) is 4. The third-order valence-electron chi connectivity index (χ3n) is 6.25. The Morgan fingerprint density at radius 2 is 1.78 bits per heavy atom. The zero-order chi connectivity index (χ0) is 26.0. The molecular weight excluding hydrogens is 484 g/mol. The highest BCUT2D eigenvalue weighted by Gasteiger charge is 2.51. The minimum atomic E-state index is -0.628. The van der Waals surface area contributed by atoms with Gasteiger partial charge in [0.25, 0.3) is 0 Å². The summed E-state index contributed by atoms with van der Waals surface area (Å²) in [5, 5.41) is 9.08. The Bertz CT molecular complexity index is 1180. The van der Waals surface area contributed by atoms with Gasteiger partial charge in [-0.2, -0.15) is 0 Å². The highest BCUT2D eigenvalue weighted by molar-refractivity contribution is 8.00. The summed E-state index contributed by atoms with van der Waals surface area (Å²) in [5.74, 6) is -1.09. The molecule has 2 saturated heterocycles. The van der Waals surface area contributed by atoms with Crippen molar-refractivity contribution >= 4 is 41.2 Å². The Balaban J connectivity index is 1.53. The lowest BCUT2D eigenvalue weighted by Crippen LogP contribution is -2.72. The van der Waals surface area contributed by atoms with Gasteiger partial charge in [-0.1, -0.05) is 18.2 Å². The maximum Gasteiger partial charge on any atom is 0.327 e. The van der Waals surface area contributed by atoms with E-state index in [4.69, 9.17) is 10.5 Å². The van der Waals surface area contributed by atoms with Gasteiger partial charge in [-0.05, 0) is 30.3 Å². The number of ether oxygens (including phenoxy) is 1. The van der Waals surface area contributed by atoms with Crippen LogP contribution in [0.4, 0.5) is 10.5 Å². The molecule has 2 aliphatic heterocycles. The predicted molar refractivity (Wildman–Crippen MR) is 135 cm³/mol. The lowest BCUT2D eigenvalue weighted by atomic mass is 9.95. The first-order valence-corrected chi connectivity index (χ1v) is 12.3. The lowest BCUT2D eigenvalue weighted by Gasteiger charge is -2.50. The van der Waals surface area contributed by atoms with Gasteiger partial charge in [-0.3, -0.25) is 29.9 Å². The molecule has 2 fully saturated rings. The fraction of sp³-hybridized carbons (Fsp3) is 0.333. The van der Waals surface area contributed by atoms with Gasteiger partial charge in [0.05, 0.1) is 36.5 Å². The zero-order valence-electron chi connectivity index (χ0n) is 20.1. The first-order chi connectivity index (χ1) is 17.2. The number of anilines is 1. The van der Waals surface area contributed by atoms with Gasteiger partial charge >= 0.3 is 6.03 Å². The first kappa shape index (κ1) is 25.5. The number of urea groups is 1. The smallest absolute Gasteiger partial charge is 0.327 e. The van der Waals surface area contributed by atoms with Crippen LogP contribution in [0.1, 0.15) is 22.1 Å². The molecule has 11 nitrogen and oxygen atoms in total. The number of imide groups is 1. The number of fused-ring (bicyclic) bond motifs is 1. The van der Waals surface area contributed by atoms with Crippen LogP contribution in [0.15, 0.2) is 48.5 Å². The molecule has 2 aromatic carbocycles. The second-order valence-electron chi connectivity index (χ2n) is 8.49. The van der Waals surface area contributed by atoms with Gasteiger partial charge in [0.1, 0.15) is 5.75 Å². The molecule has 0 aliphatic carbocycles. The van der Waals surface area contributed by atoms with Crippen LogP contribution in [0.3, 0.4) is 0 Å². The molecule has 0 bridgehead atoms. The van der Waals surface area contributed by atoms with E-state index in [0.717, 1.165) is 10.5 Å². The third kappa shape index (κ3) is 5.01. The Morgan fingerprint density at radius 1 is 1.08 bits per heavy atom. The summed E-state index contributed by atoms with van der Waals surface area (Å²) in [6, 6.07) is 13.3. The molecule has 12 heteroatoms. The fourth-order valence-corrected chi connectivity index (χ4v) is 5.47. The maximum absolute atomic E-state index is 13.1. The van der Waals surface area contributed by atoms with Gasteiger partial charge < -0.3 is 20.7 Å². The number of nitrogens with zero attached hydrogens (tertiary/aromatic N) is 2. The van der Waals surface area contributed by atoms with Gasteiger partial charge in [-0.25, -0.2) is 4.79 Å².